The summed E-state index contributed by atoms with van der Waals surface area (Å²) in [7, 11) is 1.66. The second-order valence-electron chi connectivity index (χ2n) is 4.41. The summed E-state index contributed by atoms with van der Waals surface area (Å²) >= 11 is 6.09. The number of halogens is 1. The Morgan fingerprint density at radius 2 is 2.44 bits per heavy atom. The van der Waals surface area contributed by atoms with Gasteiger partial charge in [0.05, 0.1) is 16.8 Å². The number of aromatic nitrogens is 1. The summed E-state index contributed by atoms with van der Waals surface area (Å²) in [4.78, 5) is 18.1. The number of carbonyl (C=O) groups is 1. The Hall–Kier alpha value is -1.33. The first-order chi connectivity index (χ1) is 8.61. The van der Waals surface area contributed by atoms with E-state index in [0.717, 1.165) is 25.1 Å². The lowest BCUT2D eigenvalue weighted by Gasteiger charge is -2.23. The van der Waals surface area contributed by atoms with Crippen LogP contribution in [0.5, 0.6) is 0 Å². The molecule has 1 aliphatic rings. The Morgan fingerprint density at radius 1 is 1.67 bits per heavy atom. The normalized spacial score (nSPS) is 20.0. The molecule has 1 amide bonds. The molecule has 3 N–H and O–H groups in total. The predicted molar refractivity (Wildman–Crippen MR) is 71.2 cm³/mol. The van der Waals surface area contributed by atoms with Crippen molar-refractivity contribution in [3.8, 4) is 0 Å². The van der Waals surface area contributed by atoms with Crippen molar-refractivity contribution in [1.29, 1.82) is 0 Å². The van der Waals surface area contributed by atoms with Crippen LogP contribution in [0.4, 0.5) is 5.82 Å². The van der Waals surface area contributed by atoms with Gasteiger partial charge in [0.2, 0.25) is 5.91 Å². The molecular formula is C12H17ClN4O. The topological polar surface area (TPSA) is 71.2 Å². The number of pyridine rings is 1. The molecule has 18 heavy (non-hydrogen) atoms. The lowest BCUT2D eigenvalue weighted by atomic mass is 10.2. The molecule has 0 aromatic carbocycles. The number of nitrogens with one attached hydrogen (secondary N) is 1. The van der Waals surface area contributed by atoms with Crippen molar-refractivity contribution in [2.24, 2.45) is 0 Å². The van der Waals surface area contributed by atoms with Gasteiger partial charge in [0.1, 0.15) is 5.82 Å². The molecule has 98 valence electrons. The van der Waals surface area contributed by atoms with Crippen LogP contribution in [-0.2, 0) is 11.3 Å². The maximum atomic E-state index is 11.7. The summed E-state index contributed by atoms with van der Waals surface area (Å²) in [6.07, 6.45) is 1.89. The number of nitrogen functional groups attached to an aromatic ring is 1. The van der Waals surface area contributed by atoms with Crippen LogP contribution >= 0.6 is 11.6 Å². The van der Waals surface area contributed by atoms with Crippen LogP contribution < -0.4 is 11.1 Å². The summed E-state index contributed by atoms with van der Waals surface area (Å²) in [5, 5.41) is 3.28. The molecule has 1 aromatic heterocycles. The van der Waals surface area contributed by atoms with E-state index >= 15 is 0 Å². The van der Waals surface area contributed by atoms with E-state index in [2.05, 4.69) is 15.2 Å². The third-order valence-corrected chi connectivity index (χ3v) is 3.55. The van der Waals surface area contributed by atoms with Crippen molar-refractivity contribution in [2.45, 2.75) is 25.4 Å². The van der Waals surface area contributed by atoms with E-state index < -0.39 is 0 Å². The van der Waals surface area contributed by atoms with Crippen LogP contribution in [0.3, 0.4) is 0 Å². The molecule has 6 heteroatoms. The summed E-state index contributed by atoms with van der Waals surface area (Å²) in [6.45, 7) is 1.44. The van der Waals surface area contributed by atoms with Gasteiger partial charge in [0.25, 0.3) is 0 Å². The maximum Gasteiger partial charge on any atom is 0.237 e. The third-order valence-electron chi connectivity index (χ3n) is 3.21. The van der Waals surface area contributed by atoms with Gasteiger partial charge < -0.3 is 11.1 Å². The molecule has 1 fully saturated rings. The number of rotatable bonds is 3. The van der Waals surface area contributed by atoms with E-state index in [0.29, 0.717) is 17.4 Å². The maximum absolute atomic E-state index is 11.7. The Bertz CT molecular complexity index is 452. The molecule has 2 heterocycles. The SMILES string of the molecule is CNC(=O)C1CCCN1Cc1nc(N)ccc1Cl. The number of nitrogens with two attached hydrogens (primary N) is 1. The number of nitrogens with zero attached hydrogens (tertiary/aromatic N) is 2. The van der Waals surface area contributed by atoms with Gasteiger partial charge in [-0.3, -0.25) is 9.69 Å². The van der Waals surface area contributed by atoms with Gasteiger partial charge >= 0.3 is 0 Å². The minimum Gasteiger partial charge on any atom is -0.384 e. The smallest absolute Gasteiger partial charge is 0.237 e. The van der Waals surface area contributed by atoms with Crippen LogP contribution in [0.25, 0.3) is 0 Å². The first kappa shape index (κ1) is 13.1. The Labute approximate surface area is 111 Å². The van der Waals surface area contributed by atoms with Crippen LogP contribution in [0.15, 0.2) is 12.1 Å². The molecule has 0 saturated carbocycles. The van der Waals surface area contributed by atoms with Crippen LogP contribution in [0.1, 0.15) is 18.5 Å². The number of hydrogen-bond acceptors (Lipinski definition) is 4. The zero-order valence-electron chi connectivity index (χ0n) is 10.3. The molecule has 1 saturated heterocycles. The Morgan fingerprint density at radius 3 is 3.17 bits per heavy atom. The molecule has 0 aliphatic carbocycles. The van der Waals surface area contributed by atoms with Gasteiger partial charge in [-0.1, -0.05) is 11.6 Å². The van der Waals surface area contributed by atoms with Crippen LogP contribution in [0.2, 0.25) is 5.02 Å². The van der Waals surface area contributed by atoms with Crippen molar-refractivity contribution >= 4 is 23.3 Å². The molecule has 1 unspecified atom stereocenters. The number of likely N-dealkylation sites (N-methyl/N-ethyl adjacent to an activating group) is 1. The van der Waals surface area contributed by atoms with Crippen molar-refractivity contribution in [3.63, 3.8) is 0 Å². The highest BCUT2D eigenvalue weighted by Gasteiger charge is 2.30. The average molecular weight is 269 g/mol. The molecule has 1 aliphatic heterocycles. The van der Waals surface area contributed by atoms with E-state index in [1.807, 2.05) is 0 Å². The fourth-order valence-electron chi connectivity index (χ4n) is 2.28. The molecular weight excluding hydrogens is 252 g/mol. The Balaban J connectivity index is 2.13. The fourth-order valence-corrected chi connectivity index (χ4v) is 2.45. The highest BCUT2D eigenvalue weighted by Crippen LogP contribution is 2.23. The molecule has 0 radical (unpaired) electrons. The minimum absolute atomic E-state index is 0.0486. The number of likely N-dealkylation sites (tertiary alicyclic amines) is 1. The van der Waals surface area contributed by atoms with Gasteiger partial charge in [-0.05, 0) is 31.5 Å². The predicted octanol–water partition coefficient (Wildman–Crippen LogP) is 1.03. The van der Waals surface area contributed by atoms with E-state index in [-0.39, 0.29) is 11.9 Å². The molecule has 5 nitrogen and oxygen atoms in total. The van der Waals surface area contributed by atoms with Crippen molar-refractivity contribution in [3.05, 3.63) is 22.8 Å². The van der Waals surface area contributed by atoms with Gasteiger partial charge in [-0.15, -0.1) is 0 Å². The quantitative estimate of drug-likeness (QED) is 0.859. The second-order valence-corrected chi connectivity index (χ2v) is 4.81. The summed E-state index contributed by atoms with van der Waals surface area (Å²) in [5.41, 5.74) is 6.38. The lowest BCUT2D eigenvalue weighted by Crippen LogP contribution is -2.41. The third kappa shape index (κ3) is 2.73. The lowest BCUT2D eigenvalue weighted by molar-refractivity contribution is -0.125. The number of anilines is 1. The fraction of sp³-hybridized carbons (Fsp3) is 0.500. The highest BCUT2D eigenvalue weighted by molar-refractivity contribution is 6.31. The number of hydrogen-bond donors (Lipinski definition) is 2. The van der Waals surface area contributed by atoms with E-state index in [1.165, 1.54) is 0 Å². The summed E-state index contributed by atoms with van der Waals surface area (Å²) in [5.74, 6) is 0.498. The van der Waals surface area contributed by atoms with Gasteiger partial charge in [-0.25, -0.2) is 4.98 Å². The molecule has 1 atom stereocenters. The van der Waals surface area contributed by atoms with E-state index in [4.69, 9.17) is 17.3 Å². The van der Waals surface area contributed by atoms with Crippen molar-refractivity contribution in [2.75, 3.05) is 19.3 Å². The molecule has 1 aromatic rings. The highest BCUT2D eigenvalue weighted by atomic mass is 35.5. The van der Waals surface area contributed by atoms with Crippen molar-refractivity contribution < 1.29 is 4.79 Å². The first-order valence-electron chi connectivity index (χ1n) is 5.98. The average Bonchev–Trinajstić information content (AvgIpc) is 2.81. The monoisotopic (exact) mass is 268 g/mol. The van der Waals surface area contributed by atoms with Gasteiger partial charge in [-0.2, -0.15) is 0 Å². The van der Waals surface area contributed by atoms with Crippen molar-refractivity contribution in [1.82, 2.24) is 15.2 Å². The first-order valence-corrected chi connectivity index (χ1v) is 6.36. The number of carbonyl (C=O) groups excluding carboxylic acids is 1. The van der Waals surface area contributed by atoms with Gasteiger partial charge in [0.15, 0.2) is 0 Å². The Kier molecular flexibility index (Phi) is 4.04. The minimum atomic E-state index is -0.0886. The molecule has 2 rings (SSSR count). The standard InChI is InChI=1S/C12H17ClN4O/c1-15-12(18)10-3-2-6-17(10)7-9-8(13)4-5-11(14)16-9/h4-5,10H,2-3,6-7H2,1H3,(H2,14,16)(H,15,18). The zero-order chi connectivity index (χ0) is 13.1. The largest absolute Gasteiger partial charge is 0.384 e. The van der Waals surface area contributed by atoms with Crippen LogP contribution in [-0.4, -0.2) is 35.4 Å². The van der Waals surface area contributed by atoms with E-state index in [9.17, 15) is 4.79 Å². The molecule has 0 bridgehead atoms. The molecule has 0 spiro atoms. The van der Waals surface area contributed by atoms with Crippen LogP contribution in [0, 0.1) is 0 Å². The summed E-state index contributed by atoms with van der Waals surface area (Å²) < 4.78 is 0. The van der Waals surface area contributed by atoms with E-state index in [1.54, 1.807) is 19.2 Å². The van der Waals surface area contributed by atoms with Gasteiger partial charge in [0, 0.05) is 13.6 Å². The number of amides is 1. The second kappa shape index (κ2) is 5.54. The summed E-state index contributed by atoms with van der Waals surface area (Å²) in [6, 6.07) is 3.32. The zero-order valence-corrected chi connectivity index (χ0v) is 11.1.